The Morgan fingerprint density at radius 2 is 2.14 bits per heavy atom. The van der Waals surface area contributed by atoms with Crippen LogP contribution >= 0.6 is 11.6 Å². The van der Waals surface area contributed by atoms with E-state index in [2.05, 4.69) is 15.5 Å². The van der Waals surface area contributed by atoms with Gasteiger partial charge in [0.2, 0.25) is 5.76 Å². The summed E-state index contributed by atoms with van der Waals surface area (Å²) in [6, 6.07) is 12.5. The normalized spacial score (nSPS) is 10.4. The second-order valence-electron chi connectivity index (χ2n) is 4.63. The van der Waals surface area contributed by atoms with Crippen LogP contribution in [0.15, 0.2) is 59.4 Å². The van der Waals surface area contributed by atoms with Crippen molar-refractivity contribution in [3.8, 4) is 11.3 Å². The molecule has 5 nitrogen and oxygen atoms in total. The Labute approximate surface area is 131 Å². The Morgan fingerprint density at radius 3 is 2.91 bits per heavy atom. The van der Waals surface area contributed by atoms with E-state index in [4.69, 9.17) is 16.1 Å². The molecule has 1 amide bonds. The topological polar surface area (TPSA) is 68.0 Å². The van der Waals surface area contributed by atoms with Crippen LogP contribution in [0.2, 0.25) is 5.02 Å². The van der Waals surface area contributed by atoms with E-state index in [-0.39, 0.29) is 11.7 Å². The van der Waals surface area contributed by atoms with Crippen molar-refractivity contribution < 1.29 is 9.32 Å². The zero-order chi connectivity index (χ0) is 15.4. The quantitative estimate of drug-likeness (QED) is 0.802. The lowest BCUT2D eigenvalue weighted by Crippen LogP contribution is -2.22. The van der Waals surface area contributed by atoms with E-state index < -0.39 is 0 Å². The van der Waals surface area contributed by atoms with Gasteiger partial charge in [0, 0.05) is 35.6 Å². The summed E-state index contributed by atoms with van der Waals surface area (Å²) in [5, 5.41) is 7.25. The lowest BCUT2D eigenvalue weighted by atomic mass is 10.1. The molecule has 3 rings (SSSR count). The fourth-order valence-electron chi connectivity index (χ4n) is 1.94. The van der Waals surface area contributed by atoms with Gasteiger partial charge in [-0.1, -0.05) is 35.0 Å². The minimum Gasteiger partial charge on any atom is -0.350 e. The third-order valence-electron chi connectivity index (χ3n) is 3.03. The third-order valence-corrected chi connectivity index (χ3v) is 3.27. The third kappa shape index (κ3) is 3.32. The molecule has 0 radical (unpaired) electrons. The zero-order valence-electron chi connectivity index (χ0n) is 11.5. The lowest BCUT2D eigenvalue weighted by Gasteiger charge is -2.01. The molecule has 22 heavy (non-hydrogen) atoms. The highest BCUT2D eigenvalue weighted by Crippen LogP contribution is 2.22. The van der Waals surface area contributed by atoms with Crippen LogP contribution in [0.5, 0.6) is 0 Å². The second kappa shape index (κ2) is 6.41. The summed E-state index contributed by atoms with van der Waals surface area (Å²) in [4.78, 5) is 16.0. The molecule has 0 aliphatic rings. The van der Waals surface area contributed by atoms with Crippen molar-refractivity contribution in [3.05, 3.63) is 71.2 Å². The number of halogens is 1. The SMILES string of the molecule is O=C(NCc1cccnc1)c1cc(-c2cccc(Cl)c2)no1. The van der Waals surface area contributed by atoms with Crippen molar-refractivity contribution in [3.63, 3.8) is 0 Å². The number of nitrogens with one attached hydrogen (secondary N) is 1. The van der Waals surface area contributed by atoms with Crippen molar-refractivity contribution >= 4 is 17.5 Å². The summed E-state index contributed by atoms with van der Waals surface area (Å²) in [6.07, 6.45) is 3.37. The first kappa shape index (κ1) is 14.3. The highest BCUT2D eigenvalue weighted by atomic mass is 35.5. The van der Waals surface area contributed by atoms with Crippen LogP contribution in [0, 0.1) is 0 Å². The number of carbonyl (C=O) groups is 1. The maximum Gasteiger partial charge on any atom is 0.290 e. The van der Waals surface area contributed by atoms with E-state index in [1.54, 1.807) is 30.6 Å². The Morgan fingerprint density at radius 1 is 1.23 bits per heavy atom. The first-order chi connectivity index (χ1) is 10.7. The van der Waals surface area contributed by atoms with Crippen LogP contribution in [-0.4, -0.2) is 16.0 Å². The van der Waals surface area contributed by atoms with Gasteiger partial charge in [-0.15, -0.1) is 0 Å². The predicted octanol–water partition coefficient (Wildman–Crippen LogP) is 3.32. The van der Waals surface area contributed by atoms with Crippen LogP contribution in [0.3, 0.4) is 0 Å². The van der Waals surface area contributed by atoms with E-state index >= 15 is 0 Å². The fraction of sp³-hybridized carbons (Fsp3) is 0.0625. The average Bonchev–Trinajstić information content (AvgIpc) is 3.04. The number of pyridine rings is 1. The van der Waals surface area contributed by atoms with Crippen LogP contribution in [0.1, 0.15) is 16.1 Å². The van der Waals surface area contributed by atoms with Gasteiger partial charge in [0.25, 0.3) is 5.91 Å². The first-order valence-corrected chi connectivity index (χ1v) is 7.00. The summed E-state index contributed by atoms with van der Waals surface area (Å²) in [5.41, 5.74) is 2.27. The average molecular weight is 314 g/mol. The van der Waals surface area contributed by atoms with Gasteiger partial charge in [0.15, 0.2) is 0 Å². The van der Waals surface area contributed by atoms with Crippen molar-refractivity contribution in [2.75, 3.05) is 0 Å². The molecule has 1 aromatic carbocycles. The number of rotatable bonds is 4. The largest absolute Gasteiger partial charge is 0.350 e. The lowest BCUT2D eigenvalue weighted by molar-refractivity contribution is 0.0914. The summed E-state index contributed by atoms with van der Waals surface area (Å²) in [7, 11) is 0. The van der Waals surface area contributed by atoms with E-state index in [0.29, 0.717) is 17.3 Å². The van der Waals surface area contributed by atoms with Gasteiger partial charge in [-0.2, -0.15) is 0 Å². The summed E-state index contributed by atoms with van der Waals surface area (Å²) >= 11 is 5.94. The maximum atomic E-state index is 12.0. The van der Waals surface area contributed by atoms with Gasteiger partial charge in [-0.3, -0.25) is 9.78 Å². The molecule has 2 heterocycles. The Bertz CT molecular complexity index is 787. The molecule has 0 aliphatic heterocycles. The molecule has 0 bridgehead atoms. The number of nitrogens with zero attached hydrogens (tertiary/aromatic N) is 2. The van der Waals surface area contributed by atoms with Crippen molar-refractivity contribution in [2.45, 2.75) is 6.54 Å². The van der Waals surface area contributed by atoms with E-state index in [0.717, 1.165) is 11.1 Å². The van der Waals surface area contributed by atoms with Crippen LogP contribution in [0.25, 0.3) is 11.3 Å². The van der Waals surface area contributed by atoms with Crippen molar-refractivity contribution in [2.24, 2.45) is 0 Å². The molecule has 6 heteroatoms. The van der Waals surface area contributed by atoms with E-state index in [9.17, 15) is 4.79 Å². The van der Waals surface area contributed by atoms with Gasteiger partial charge >= 0.3 is 0 Å². The van der Waals surface area contributed by atoms with Crippen molar-refractivity contribution in [1.29, 1.82) is 0 Å². The Hall–Kier alpha value is -2.66. The summed E-state index contributed by atoms with van der Waals surface area (Å²) < 4.78 is 5.09. The Kier molecular flexibility index (Phi) is 4.16. The zero-order valence-corrected chi connectivity index (χ0v) is 12.2. The molecule has 1 N–H and O–H groups in total. The van der Waals surface area contributed by atoms with Gasteiger partial charge in [0.05, 0.1) is 0 Å². The maximum absolute atomic E-state index is 12.0. The molecular formula is C16H12ClN3O2. The van der Waals surface area contributed by atoms with Crippen LogP contribution < -0.4 is 5.32 Å². The number of carbonyl (C=O) groups excluding carboxylic acids is 1. The molecule has 0 spiro atoms. The van der Waals surface area contributed by atoms with Crippen LogP contribution in [0.4, 0.5) is 0 Å². The minimum atomic E-state index is -0.329. The highest BCUT2D eigenvalue weighted by molar-refractivity contribution is 6.30. The first-order valence-electron chi connectivity index (χ1n) is 6.62. The van der Waals surface area contributed by atoms with Gasteiger partial charge < -0.3 is 9.84 Å². The fourth-order valence-corrected chi connectivity index (χ4v) is 2.13. The molecule has 0 unspecified atom stereocenters. The van der Waals surface area contributed by atoms with E-state index in [1.165, 1.54) is 0 Å². The van der Waals surface area contributed by atoms with Crippen molar-refractivity contribution in [1.82, 2.24) is 15.5 Å². The number of hydrogen-bond donors (Lipinski definition) is 1. The number of amides is 1. The minimum absolute atomic E-state index is 0.152. The molecule has 110 valence electrons. The molecule has 0 saturated carbocycles. The summed E-state index contributed by atoms with van der Waals surface area (Å²) in [5.74, 6) is -0.177. The predicted molar refractivity (Wildman–Crippen MR) is 82.4 cm³/mol. The van der Waals surface area contributed by atoms with E-state index in [1.807, 2.05) is 24.3 Å². The molecule has 0 fully saturated rings. The monoisotopic (exact) mass is 313 g/mol. The number of benzene rings is 1. The standard InChI is InChI=1S/C16H12ClN3O2/c17-13-5-1-4-12(7-13)14-8-15(22-20-14)16(21)19-10-11-3-2-6-18-9-11/h1-9H,10H2,(H,19,21). The molecule has 3 aromatic rings. The van der Waals surface area contributed by atoms with Gasteiger partial charge in [-0.25, -0.2) is 0 Å². The summed E-state index contributed by atoms with van der Waals surface area (Å²) in [6.45, 7) is 0.375. The molecule has 0 atom stereocenters. The van der Waals surface area contributed by atoms with Crippen LogP contribution in [-0.2, 0) is 6.54 Å². The van der Waals surface area contributed by atoms with Gasteiger partial charge in [-0.05, 0) is 23.8 Å². The number of aromatic nitrogens is 2. The molecule has 2 aromatic heterocycles. The highest BCUT2D eigenvalue weighted by Gasteiger charge is 2.14. The molecular weight excluding hydrogens is 302 g/mol. The Balaban J connectivity index is 1.69. The smallest absolute Gasteiger partial charge is 0.290 e. The molecule has 0 saturated heterocycles. The number of hydrogen-bond acceptors (Lipinski definition) is 4. The second-order valence-corrected chi connectivity index (χ2v) is 5.07. The molecule has 0 aliphatic carbocycles. The van der Waals surface area contributed by atoms with Gasteiger partial charge in [0.1, 0.15) is 5.69 Å².